The minimum Gasteiger partial charge on any atom is -0.273 e. The number of hydrogen-bond donors (Lipinski definition) is 0. The summed E-state index contributed by atoms with van der Waals surface area (Å²) in [4.78, 5) is 24.4. The van der Waals surface area contributed by atoms with Gasteiger partial charge in [0.25, 0.3) is 10.0 Å². The Kier molecular flexibility index (Phi) is 3.87. The molecule has 2 aromatic rings. The second kappa shape index (κ2) is 5.24. The lowest BCUT2D eigenvalue weighted by molar-refractivity contribution is 0.0762. The maximum atomic E-state index is 12.5. The van der Waals surface area contributed by atoms with Crippen LogP contribution >= 0.6 is 0 Å². The van der Waals surface area contributed by atoms with E-state index in [2.05, 4.69) is 0 Å². The SMILES string of the molecule is Cc1ccc(S(=O)(=O)n2ccn(C(=O)C(C)(C)C)c2=O)cc1. The zero-order chi connectivity index (χ0) is 16.7. The Morgan fingerprint density at radius 1 is 1.05 bits per heavy atom. The third-order valence-electron chi connectivity index (χ3n) is 3.18. The molecule has 0 aliphatic carbocycles. The molecule has 0 radical (unpaired) electrons. The minimum absolute atomic E-state index is 0.00107. The standard InChI is InChI=1S/C15H18N2O4S/c1-11-5-7-12(8-6-11)22(20,21)17-10-9-16(14(17)19)13(18)15(2,3)4/h5-10H,1-4H3. The lowest BCUT2D eigenvalue weighted by Crippen LogP contribution is -2.37. The average molecular weight is 322 g/mol. The molecule has 6 nitrogen and oxygen atoms in total. The molecule has 0 spiro atoms. The normalized spacial score (nSPS) is 12.4. The van der Waals surface area contributed by atoms with Crippen LogP contribution in [0.1, 0.15) is 31.1 Å². The first-order chi connectivity index (χ1) is 10.0. The Labute approximate surface area is 129 Å². The van der Waals surface area contributed by atoms with Crippen LogP contribution in [0.5, 0.6) is 0 Å². The Balaban J connectivity index is 2.55. The van der Waals surface area contributed by atoms with E-state index in [0.29, 0.717) is 3.97 Å². The Morgan fingerprint density at radius 3 is 2.09 bits per heavy atom. The summed E-state index contributed by atoms with van der Waals surface area (Å²) >= 11 is 0. The number of nitrogens with zero attached hydrogens (tertiary/aromatic N) is 2. The highest BCUT2D eigenvalue weighted by Crippen LogP contribution is 2.17. The van der Waals surface area contributed by atoms with Gasteiger partial charge in [-0.3, -0.25) is 4.79 Å². The van der Waals surface area contributed by atoms with Gasteiger partial charge >= 0.3 is 5.69 Å². The van der Waals surface area contributed by atoms with Gasteiger partial charge in [0.05, 0.1) is 4.90 Å². The fourth-order valence-corrected chi connectivity index (χ4v) is 3.10. The van der Waals surface area contributed by atoms with Crippen molar-refractivity contribution in [2.24, 2.45) is 5.41 Å². The molecular formula is C15H18N2O4S. The molecule has 7 heteroatoms. The van der Waals surface area contributed by atoms with Crippen molar-refractivity contribution in [2.75, 3.05) is 0 Å². The monoisotopic (exact) mass is 322 g/mol. The van der Waals surface area contributed by atoms with Crippen LogP contribution in [-0.4, -0.2) is 22.9 Å². The Morgan fingerprint density at radius 2 is 1.59 bits per heavy atom. The van der Waals surface area contributed by atoms with Crippen molar-refractivity contribution in [3.05, 3.63) is 52.7 Å². The van der Waals surface area contributed by atoms with Crippen LogP contribution in [0, 0.1) is 12.3 Å². The molecule has 0 amide bonds. The van der Waals surface area contributed by atoms with Gasteiger partial charge in [-0.25, -0.2) is 17.8 Å². The van der Waals surface area contributed by atoms with Gasteiger partial charge in [0.2, 0.25) is 5.91 Å². The number of carbonyl (C=O) groups is 1. The summed E-state index contributed by atoms with van der Waals surface area (Å²) in [6.07, 6.45) is 2.28. The third kappa shape index (κ3) is 2.76. The number of aryl methyl sites for hydroxylation is 1. The minimum atomic E-state index is -4.01. The fraction of sp³-hybridized carbons (Fsp3) is 0.333. The first kappa shape index (κ1) is 16.2. The lowest BCUT2D eigenvalue weighted by atomic mass is 9.96. The first-order valence-corrected chi connectivity index (χ1v) is 8.16. The molecule has 0 saturated heterocycles. The van der Waals surface area contributed by atoms with E-state index >= 15 is 0 Å². The molecule has 22 heavy (non-hydrogen) atoms. The van der Waals surface area contributed by atoms with Crippen LogP contribution in [0.3, 0.4) is 0 Å². The highest BCUT2D eigenvalue weighted by atomic mass is 32.2. The molecule has 1 aromatic carbocycles. The first-order valence-electron chi connectivity index (χ1n) is 6.72. The van der Waals surface area contributed by atoms with Crippen molar-refractivity contribution >= 4 is 15.9 Å². The predicted molar refractivity (Wildman–Crippen MR) is 82.5 cm³/mol. The van der Waals surface area contributed by atoms with Crippen molar-refractivity contribution in [1.82, 2.24) is 8.54 Å². The second-order valence-corrected chi connectivity index (χ2v) is 7.93. The molecule has 0 N–H and O–H groups in total. The van der Waals surface area contributed by atoms with E-state index in [0.717, 1.165) is 16.3 Å². The van der Waals surface area contributed by atoms with Gasteiger partial charge in [-0.1, -0.05) is 38.5 Å². The van der Waals surface area contributed by atoms with E-state index in [4.69, 9.17) is 0 Å². The van der Waals surface area contributed by atoms with Gasteiger partial charge in [0.15, 0.2) is 0 Å². The summed E-state index contributed by atoms with van der Waals surface area (Å²) in [5.74, 6) is -0.463. The summed E-state index contributed by atoms with van der Waals surface area (Å²) in [6, 6.07) is 6.16. The lowest BCUT2D eigenvalue weighted by Gasteiger charge is -2.15. The van der Waals surface area contributed by atoms with E-state index in [-0.39, 0.29) is 4.90 Å². The highest BCUT2D eigenvalue weighted by molar-refractivity contribution is 7.90. The summed E-state index contributed by atoms with van der Waals surface area (Å²) < 4.78 is 26.4. The molecule has 0 fully saturated rings. The summed E-state index contributed by atoms with van der Waals surface area (Å²) in [7, 11) is -4.01. The number of carbonyl (C=O) groups excluding carboxylic acids is 1. The molecule has 0 bridgehead atoms. The van der Waals surface area contributed by atoms with Crippen LogP contribution in [0.2, 0.25) is 0 Å². The number of aromatic nitrogens is 2. The highest BCUT2D eigenvalue weighted by Gasteiger charge is 2.28. The molecule has 2 rings (SSSR count). The van der Waals surface area contributed by atoms with Crippen LogP contribution in [0.4, 0.5) is 0 Å². The third-order valence-corrected chi connectivity index (χ3v) is 4.85. The topological polar surface area (TPSA) is 78.1 Å². The largest absolute Gasteiger partial charge is 0.349 e. The summed E-state index contributed by atoms with van der Waals surface area (Å²) in [5.41, 5.74) is -0.767. The van der Waals surface area contributed by atoms with E-state index in [9.17, 15) is 18.0 Å². The smallest absolute Gasteiger partial charge is 0.273 e. The zero-order valence-corrected chi connectivity index (χ0v) is 13.7. The summed E-state index contributed by atoms with van der Waals surface area (Å²) in [5, 5.41) is 0. The molecule has 0 aliphatic rings. The van der Waals surface area contributed by atoms with Gasteiger partial charge in [0, 0.05) is 17.8 Å². The number of imidazole rings is 1. The Hall–Kier alpha value is -2.15. The second-order valence-electron chi connectivity index (χ2n) is 6.12. The zero-order valence-electron chi connectivity index (χ0n) is 12.9. The molecule has 0 saturated carbocycles. The van der Waals surface area contributed by atoms with Crippen LogP contribution in [0.15, 0.2) is 46.3 Å². The molecule has 1 heterocycles. The van der Waals surface area contributed by atoms with E-state index < -0.39 is 27.0 Å². The molecule has 0 aliphatic heterocycles. The van der Waals surface area contributed by atoms with Crippen molar-refractivity contribution in [2.45, 2.75) is 32.6 Å². The maximum Gasteiger partial charge on any atom is 0.349 e. The quantitative estimate of drug-likeness (QED) is 0.846. The number of hydrogen-bond acceptors (Lipinski definition) is 4. The van der Waals surface area contributed by atoms with Crippen molar-refractivity contribution in [1.29, 1.82) is 0 Å². The predicted octanol–water partition coefficient (Wildman–Crippen LogP) is 1.88. The molecule has 118 valence electrons. The van der Waals surface area contributed by atoms with E-state index in [1.807, 2.05) is 6.92 Å². The van der Waals surface area contributed by atoms with Crippen molar-refractivity contribution in [3.8, 4) is 0 Å². The van der Waals surface area contributed by atoms with Gasteiger partial charge in [-0.15, -0.1) is 0 Å². The van der Waals surface area contributed by atoms with Crippen molar-refractivity contribution < 1.29 is 13.2 Å². The maximum absolute atomic E-state index is 12.5. The van der Waals surface area contributed by atoms with Gasteiger partial charge in [-0.2, -0.15) is 3.97 Å². The van der Waals surface area contributed by atoms with Gasteiger partial charge in [-0.05, 0) is 19.1 Å². The van der Waals surface area contributed by atoms with Gasteiger partial charge in [0.1, 0.15) is 0 Å². The fourth-order valence-electron chi connectivity index (χ4n) is 1.88. The van der Waals surface area contributed by atoms with Crippen LogP contribution in [-0.2, 0) is 10.0 Å². The van der Waals surface area contributed by atoms with Crippen LogP contribution in [0.25, 0.3) is 0 Å². The summed E-state index contributed by atoms with van der Waals surface area (Å²) in [6.45, 7) is 6.82. The molecule has 0 atom stereocenters. The van der Waals surface area contributed by atoms with E-state index in [1.54, 1.807) is 32.9 Å². The number of rotatable bonds is 2. The Bertz CT molecular complexity index is 866. The van der Waals surface area contributed by atoms with Gasteiger partial charge < -0.3 is 0 Å². The molecule has 0 unspecified atom stereocenters. The number of benzene rings is 1. The van der Waals surface area contributed by atoms with Crippen LogP contribution < -0.4 is 5.69 Å². The van der Waals surface area contributed by atoms with E-state index in [1.165, 1.54) is 18.3 Å². The van der Waals surface area contributed by atoms with Crippen molar-refractivity contribution in [3.63, 3.8) is 0 Å². The molecular weight excluding hydrogens is 304 g/mol. The molecule has 1 aromatic heterocycles. The average Bonchev–Trinajstić information content (AvgIpc) is 2.79.